The summed E-state index contributed by atoms with van der Waals surface area (Å²) in [5.41, 5.74) is -5.53. The number of carboxylic acid groups (broad SMARTS) is 1. The Balaban J connectivity index is 1.77. The van der Waals surface area contributed by atoms with E-state index in [0.29, 0.717) is 21.9 Å². The fourth-order valence-corrected chi connectivity index (χ4v) is 6.94. The largest absolute Gasteiger partial charge is 0.497 e. The highest BCUT2D eigenvalue weighted by molar-refractivity contribution is 6.30. The van der Waals surface area contributed by atoms with Crippen molar-refractivity contribution in [1.29, 1.82) is 0 Å². The minimum Gasteiger partial charge on any atom is -0.497 e. The van der Waals surface area contributed by atoms with Crippen LogP contribution in [-0.2, 0) is 25.6 Å². The number of halogens is 3. The number of methoxy groups -OCH3 is 2. The van der Waals surface area contributed by atoms with E-state index in [0.717, 1.165) is 6.07 Å². The maximum Gasteiger partial charge on any atom is 0.303 e. The van der Waals surface area contributed by atoms with Crippen molar-refractivity contribution in [2.24, 2.45) is 0 Å². The minimum atomic E-state index is -2.12. The van der Waals surface area contributed by atoms with Crippen molar-refractivity contribution in [2.75, 3.05) is 27.4 Å². The Labute approximate surface area is 265 Å². The predicted molar refractivity (Wildman–Crippen MR) is 162 cm³/mol. The van der Waals surface area contributed by atoms with E-state index < -0.39 is 40.7 Å². The molecule has 2 aliphatic rings. The highest BCUT2D eigenvalue weighted by Gasteiger charge is 2.58. The third-order valence-corrected chi connectivity index (χ3v) is 9.46. The number of rotatable bonds is 11. The zero-order chi connectivity index (χ0) is 32.6. The van der Waals surface area contributed by atoms with Crippen LogP contribution in [0, 0.1) is 5.82 Å². The van der Waals surface area contributed by atoms with E-state index in [2.05, 4.69) is 0 Å². The number of aliphatic carboxylic acids is 1. The van der Waals surface area contributed by atoms with Gasteiger partial charge < -0.3 is 24.4 Å². The van der Waals surface area contributed by atoms with Gasteiger partial charge in [-0.1, -0.05) is 42.8 Å². The molecule has 0 radical (unpaired) electrons. The van der Waals surface area contributed by atoms with Crippen LogP contribution in [0.1, 0.15) is 77.7 Å². The maximum absolute atomic E-state index is 16.7. The number of ether oxygens (including phenoxy) is 3. The highest BCUT2D eigenvalue weighted by Crippen LogP contribution is 2.53. The molecule has 3 atom stereocenters. The number of hydrogen-bond donors (Lipinski definition) is 2. The van der Waals surface area contributed by atoms with Crippen LogP contribution in [0.5, 0.6) is 5.75 Å². The lowest BCUT2D eigenvalue weighted by Crippen LogP contribution is -2.51. The Morgan fingerprint density at radius 2 is 1.76 bits per heavy atom. The molecule has 0 aliphatic carbocycles. The van der Waals surface area contributed by atoms with Gasteiger partial charge in [0.2, 0.25) is 0 Å². The predicted octanol–water partition coefficient (Wildman–Crippen LogP) is 6.51. The second kappa shape index (κ2) is 12.7. The molecular weight excluding hydrogens is 608 g/mol. The van der Waals surface area contributed by atoms with Gasteiger partial charge in [-0.3, -0.25) is 14.5 Å². The number of fused-ring (bicyclic) bond motifs is 1. The number of carbonyl (C=O) groups is 2. The first-order chi connectivity index (χ1) is 21.5. The molecule has 0 aromatic heterocycles. The number of amides is 1. The summed E-state index contributed by atoms with van der Waals surface area (Å²) >= 11 is 6.20. The molecule has 2 aliphatic heterocycles. The van der Waals surface area contributed by atoms with Crippen LogP contribution in [-0.4, -0.2) is 60.1 Å². The molecule has 1 fully saturated rings. The summed E-state index contributed by atoms with van der Waals surface area (Å²) in [7, 11) is 2.84. The first-order valence-corrected chi connectivity index (χ1v) is 15.2. The molecule has 3 aromatic rings. The van der Waals surface area contributed by atoms with E-state index in [-0.39, 0.29) is 62.0 Å². The summed E-state index contributed by atoms with van der Waals surface area (Å²) in [6.45, 7) is 1.79. The van der Waals surface area contributed by atoms with Crippen LogP contribution >= 0.6 is 11.6 Å². The summed E-state index contributed by atoms with van der Waals surface area (Å²) in [5.74, 6) is -2.10. The van der Waals surface area contributed by atoms with Crippen LogP contribution in [0.3, 0.4) is 0 Å². The number of aliphatic hydroxyl groups is 1. The Kier molecular flexibility index (Phi) is 9.24. The van der Waals surface area contributed by atoms with Crippen molar-refractivity contribution in [2.45, 2.75) is 62.1 Å². The summed E-state index contributed by atoms with van der Waals surface area (Å²) in [6, 6.07) is 14.7. The van der Waals surface area contributed by atoms with Crippen LogP contribution in [0.15, 0.2) is 60.7 Å². The molecule has 8 nitrogen and oxygen atoms in total. The van der Waals surface area contributed by atoms with Gasteiger partial charge in [0.25, 0.3) is 5.91 Å². The third-order valence-electron chi connectivity index (χ3n) is 9.21. The third kappa shape index (κ3) is 5.48. The van der Waals surface area contributed by atoms with E-state index in [1.165, 1.54) is 25.2 Å². The topological polar surface area (TPSA) is 106 Å². The summed E-state index contributed by atoms with van der Waals surface area (Å²) in [4.78, 5) is 27.8. The first-order valence-electron chi connectivity index (χ1n) is 14.8. The van der Waals surface area contributed by atoms with Crippen molar-refractivity contribution in [3.05, 3.63) is 99.3 Å². The molecule has 0 saturated carbocycles. The number of hydrogen-bond acceptors (Lipinski definition) is 6. The number of carbonyl (C=O) groups excluding carboxylic acids is 1. The maximum atomic E-state index is 16.7. The smallest absolute Gasteiger partial charge is 0.303 e. The quantitative estimate of drug-likeness (QED) is 0.245. The average Bonchev–Trinajstić information content (AvgIpc) is 3.30. The average molecular weight is 644 g/mol. The molecule has 2 heterocycles. The summed E-state index contributed by atoms with van der Waals surface area (Å²) < 4.78 is 49.9. The van der Waals surface area contributed by atoms with Crippen LogP contribution in [0.4, 0.5) is 8.78 Å². The molecule has 2 N–H and O–H groups in total. The normalized spacial score (nSPS) is 21.2. The Bertz CT molecular complexity index is 1560. The van der Waals surface area contributed by atoms with E-state index in [1.807, 2.05) is 0 Å². The number of nitrogens with zero attached hydrogens (tertiary/aromatic N) is 1. The molecule has 1 saturated heterocycles. The van der Waals surface area contributed by atoms with Crippen LogP contribution in [0.25, 0.3) is 0 Å². The van der Waals surface area contributed by atoms with E-state index in [9.17, 15) is 19.8 Å². The lowest BCUT2D eigenvalue weighted by molar-refractivity contribution is -0.155. The van der Waals surface area contributed by atoms with Gasteiger partial charge in [-0.2, -0.15) is 0 Å². The molecule has 0 bridgehead atoms. The highest BCUT2D eigenvalue weighted by atomic mass is 35.5. The van der Waals surface area contributed by atoms with E-state index >= 15 is 8.78 Å². The van der Waals surface area contributed by atoms with Crippen molar-refractivity contribution >= 4 is 23.5 Å². The second-order valence-corrected chi connectivity index (χ2v) is 11.9. The monoisotopic (exact) mass is 643 g/mol. The van der Waals surface area contributed by atoms with Crippen molar-refractivity contribution in [3.8, 4) is 5.75 Å². The molecule has 240 valence electrons. The standard InChI is InChI=1S/C34H36ClF2NO7/c1-4-33(42,32(37)15-17-45-18-16-32)23-19-26-30(27(36)20-23)34(44-3,22-7-9-24(35)10-8-22)38(31(26)41)28(13-14-29(39)40)21-5-11-25(43-2)12-6-21/h5-12,19-20,28,42H,4,13-18H2,1-3H3,(H,39,40)/t28-,33+,34+/m0/s1. The molecular formula is C34H36ClF2NO7. The summed E-state index contributed by atoms with van der Waals surface area (Å²) in [6.07, 6.45) is -0.636. The lowest BCUT2D eigenvalue weighted by atomic mass is 9.72. The summed E-state index contributed by atoms with van der Waals surface area (Å²) in [5, 5.41) is 21.9. The number of benzene rings is 3. The van der Waals surface area contributed by atoms with Gasteiger partial charge >= 0.3 is 5.97 Å². The van der Waals surface area contributed by atoms with Crippen molar-refractivity contribution in [1.82, 2.24) is 4.90 Å². The molecule has 3 aromatic carbocycles. The van der Waals surface area contributed by atoms with Crippen LogP contribution < -0.4 is 4.74 Å². The number of carboxylic acids is 1. The Morgan fingerprint density at radius 1 is 1.11 bits per heavy atom. The van der Waals surface area contributed by atoms with Gasteiger partial charge in [0.1, 0.15) is 22.8 Å². The molecule has 1 amide bonds. The SMILES string of the molecule is CC[C@@](O)(c1cc(F)c2c(c1)C(=O)N([C@@H](CCC(=O)O)c1ccc(OC)cc1)[C@@]2(OC)c1ccc(Cl)cc1)C1(F)CCOCC1. The van der Waals surface area contributed by atoms with Gasteiger partial charge in [0.05, 0.1) is 24.3 Å². The van der Waals surface area contributed by atoms with Crippen molar-refractivity contribution < 1.29 is 42.8 Å². The number of alkyl halides is 1. The van der Waals surface area contributed by atoms with Gasteiger partial charge in [-0.15, -0.1) is 0 Å². The molecule has 45 heavy (non-hydrogen) atoms. The van der Waals surface area contributed by atoms with Crippen molar-refractivity contribution in [3.63, 3.8) is 0 Å². The fourth-order valence-electron chi connectivity index (χ4n) is 6.81. The van der Waals surface area contributed by atoms with Gasteiger partial charge in [-0.05, 0) is 60.4 Å². The fraction of sp³-hybridized carbons (Fsp3) is 0.412. The van der Waals surface area contributed by atoms with Gasteiger partial charge in [0, 0.05) is 50.2 Å². The minimum absolute atomic E-state index is 0.0406. The molecule has 0 unspecified atom stereocenters. The van der Waals surface area contributed by atoms with Gasteiger partial charge in [0.15, 0.2) is 5.72 Å². The molecule has 5 rings (SSSR count). The van der Waals surface area contributed by atoms with Crippen LogP contribution in [0.2, 0.25) is 5.02 Å². The zero-order valence-electron chi connectivity index (χ0n) is 25.3. The molecule has 0 spiro atoms. The molecule has 11 heteroatoms. The van der Waals surface area contributed by atoms with Gasteiger partial charge in [-0.25, -0.2) is 8.78 Å². The Morgan fingerprint density at radius 3 is 2.31 bits per heavy atom. The Hall–Kier alpha value is -3.57. The second-order valence-electron chi connectivity index (χ2n) is 11.4. The van der Waals surface area contributed by atoms with E-state index in [1.54, 1.807) is 55.5 Å². The lowest BCUT2D eigenvalue weighted by Gasteiger charge is -2.44. The van der Waals surface area contributed by atoms with E-state index in [4.69, 9.17) is 25.8 Å². The first kappa shape index (κ1) is 32.8. The zero-order valence-corrected chi connectivity index (χ0v) is 26.1.